The van der Waals surface area contributed by atoms with Gasteiger partial charge >= 0.3 is 24.0 Å². The number of esters is 3. The van der Waals surface area contributed by atoms with Crippen molar-refractivity contribution < 1.29 is 38.1 Å². The van der Waals surface area contributed by atoms with Crippen molar-refractivity contribution in [3.63, 3.8) is 0 Å². The first-order valence-corrected chi connectivity index (χ1v) is 33.2. The van der Waals surface area contributed by atoms with Crippen molar-refractivity contribution in [2.45, 2.75) is 138 Å². The number of nitrogens with zero attached hydrogens (tertiary/aromatic N) is 6. The van der Waals surface area contributed by atoms with Crippen molar-refractivity contribution in [1.29, 1.82) is 0 Å². The molecule has 0 N–H and O–H groups in total. The van der Waals surface area contributed by atoms with E-state index in [1.807, 2.05) is 81.8 Å². The Morgan fingerprint density at radius 3 is 1.39 bits per heavy atom. The maximum atomic E-state index is 12.7. The number of carbonyl (C=O) groups excluding carboxylic acids is 4. The number of ether oxygens (including phenoxy) is 4. The minimum atomic E-state index is -0.546. The zero-order valence-corrected chi connectivity index (χ0v) is 55.0. The van der Waals surface area contributed by atoms with Crippen molar-refractivity contribution in [3.05, 3.63) is 193 Å². The van der Waals surface area contributed by atoms with Crippen LogP contribution in [0.5, 0.6) is 0 Å². The predicted octanol–water partition coefficient (Wildman–Crippen LogP) is 15.1. The molecule has 0 saturated carbocycles. The number of piperidine rings is 3. The molecule has 12 atom stereocenters. The third kappa shape index (κ3) is 12.5. The van der Waals surface area contributed by atoms with Gasteiger partial charge in [0.05, 0.1) is 50.1 Å². The Morgan fingerprint density at radius 1 is 0.452 bits per heavy atom. The molecule has 3 aromatic heterocycles. The summed E-state index contributed by atoms with van der Waals surface area (Å²) in [6.45, 7) is 5.59. The van der Waals surface area contributed by atoms with Crippen molar-refractivity contribution in [3.8, 4) is 33.4 Å². The first-order valence-electron chi connectivity index (χ1n) is 33.2. The van der Waals surface area contributed by atoms with Gasteiger partial charge in [0.15, 0.2) is 0 Å². The average molecular weight is 1250 g/mol. The van der Waals surface area contributed by atoms with Crippen LogP contribution in [0.1, 0.15) is 113 Å². The molecule has 14 heteroatoms. The Morgan fingerprint density at radius 2 is 0.892 bits per heavy atom. The fourth-order valence-corrected chi connectivity index (χ4v) is 16.9. The number of benzene rings is 6. The molecule has 93 heavy (non-hydrogen) atoms. The highest BCUT2D eigenvalue weighted by Gasteiger charge is 2.52. The molecule has 6 fully saturated rings. The number of rotatable bonds is 9. The van der Waals surface area contributed by atoms with Crippen LogP contribution >= 0.6 is 0 Å². The number of methoxy groups -OCH3 is 3. The van der Waals surface area contributed by atoms with E-state index >= 15 is 0 Å². The van der Waals surface area contributed by atoms with Crippen LogP contribution in [0.2, 0.25) is 0 Å². The lowest BCUT2D eigenvalue weighted by molar-refractivity contribution is -0.151. The zero-order valence-electron chi connectivity index (χ0n) is 55.0. The van der Waals surface area contributed by atoms with Crippen LogP contribution in [0.25, 0.3) is 66.0 Å². The predicted molar refractivity (Wildman–Crippen MR) is 366 cm³/mol. The normalized spacial score (nSPS) is 25.8. The number of fused-ring (bicyclic) bond motifs is 9. The summed E-state index contributed by atoms with van der Waals surface area (Å²) in [6.07, 6.45) is 16.9. The van der Waals surface area contributed by atoms with Gasteiger partial charge in [-0.15, -0.1) is 0 Å². The number of hydrogen-bond acceptors (Lipinski definition) is 13. The summed E-state index contributed by atoms with van der Waals surface area (Å²) in [5.74, 6) is 0.0661. The van der Waals surface area contributed by atoms with Gasteiger partial charge in [-0.25, -0.2) is 4.79 Å². The molecule has 6 aliphatic rings. The number of carbonyl (C=O) groups is 4. The van der Waals surface area contributed by atoms with E-state index in [0.29, 0.717) is 18.1 Å². The second-order valence-corrected chi connectivity index (χ2v) is 27.7. The van der Waals surface area contributed by atoms with Gasteiger partial charge < -0.3 is 18.9 Å². The molecular formula is C79H86N6O8. The molecular weight excluding hydrogens is 1160 g/mol. The number of para-hydroxylation sites is 1. The molecule has 6 aromatic carbocycles. The van der Waals surface area contributed by atoms with E-state index in [9.17, 15) is 19.2 Å². The quantitative estimate of drug-likeness (QED) is 0.0999. The maximum Gasteiger partial charge on any atom is 0.418 e. The summed E-state index contributed by atoms with van der Waals surface area (Å²) in [4.78, 5) is 66.8. The monoisotopic (exact) mass is 1250 g/mol. The van der Waals surface area contributed by atoms with E-state index in [0.717, 1.165) is 106 Å². The van der Waals surface area contributed by atoms with E-state index in [1.54, 1.807) is 10.8 Å². The molecule has 14 nitrogen and oxygen atoms in total. The van der Waals surface area contributed by atoms with Gasteiger partial charge in [0.25, 0.3) is 0 Å². The lowest BCUT2D eigenvalue weighted by atomic mass is 9.76. The standard InChI is InChI=1S/C29H34N2O4.2C25H26N2O2/c1-29(2,3)35-28(33)31-15-14-21-16-20(10-12-24(21)31)18-6-8-19(9-7-18)23-17-22-11-13-25(30(22)4)26(23)27(32)34-5;1-27-19-11-12-23(27)24(25(28)29-2)21(13-19)16-7-9-17(10-8-16)22-15-26-14-18-5-3-4-6-20(18)22;1-27-20-11-12-23(27)24(25(28)29-2)21(14-20)17-9-7-16(8-10-17)19-13-18-5-3-4-6-22(18)26-15-19/h6-10,12,14-16,22-23,25-26H,11,13,17H2,1-5H3;3-10,14-15,19,21,23-24H,11-13H2,1-2H3;3-10,13,15,20-21,23-24H,11-12,14H2,1-2H3. The van der Waals surface area contributed by atoms with Crippen LogP contribution < -0.4 is 0 Å². The molecule has 9 heterocycles. The first-order chi connectivity index (χ1) is 45.0. The summed E-state index contributed by atoms with van der Waals surface area (Å²) in [6, 6.07) is 55.3. The molecule has 0 amide bonds. The van der Waals surface area contributed by atoms with Crippen LogP contribution in [-0.2, 0) is 33.3 Å². The molecule has 15 rings (SSSR count). The second-order valence-electron chi connectivity index (χ2n) is 27.7. The van der Waals surface area contributed by atoms with Gasteiger partial charge in [0.2, 0.25) is 0 Å². The zero-order chi connectivity index (χ0) is 64.8. The molecule has 9 aromatic rings. The van der Waals surface area contributed by atoms with Crippen LogP contribution in [0.15, 0.2) is 176 Å². The highest BCUT2D eigenvalue weighted by Crippen LogP contribution is 2.50. The third-order valence-corrected chi connectivity index (χ3v) is 21.8. The SMILES string of the molecule is COC(=O)C1C(c2ccc(-c3ccc4c(ccn4C(=O)OC(C)(C)C)c3)cc2)CC2CCC1N2C.COC(=O)C1C(c2ccc(-c3cnc4ccccc4c3)cc2)CC2CCC1N2C.COC(=O)C1C(c2ccc(-c3cncc4ccccc34)cc2)CC2CCC1N2C. The Kier molecular flexibility index (Phi) is 18.0. The summed E-state index contributed by atoms with van der Waals surface area (Å²) in [5, 5.41) is 4.48. The van der Waals surface area contributed by atoms with Gasteiger partial charge in [-0.2, -0.15) is 0 Å². The number of aromatic nitrogens is 3. The fourth-order valence-electron chi connectivity index (χ4n) is 16.9. The third-order valence-electron chi connectivity index (χ3n) is 21.8. The van der Waals surface area contributed by atoms with Crippen molar-refractivity contribution in [2.75, 3.05) is 42.5 Å². The van der Waals surface area contributed by atoms with E-state index < -0.39 is 5.60 Å². The molecule has 6 aliphatic heterocycles. The molecule has 12 unspecified atom stereocenters. The van der Waals surface area contributed by atoms with Gasteiger partial charge in [0.1, 0.15) is 5.60 Å². The highest BCUT2D eigenvalue weighted by molar-refractivity contribution is 5.96. The Hall–Kier alpha value is -8.56. The van der Waals surface area contributed by atoms with Crippen LogP contribution in [0.4, 0.5) is 4.79 Å². The highest BCUT2D eigenvalue weighted by atomic mass is 16.6. The van der Waals surface area contributed by atoms with Gasteiger partial charge in [-0.05, 0) is 174 Å². The smallest absolute Gasteiger partial charge is 0.418 e. The van der Waals surface area contributed by atoms with Gasteiger partial charge in [-0.1, -0.05) is 121 Å². The Balaban J connectivity index is 0.000000128. The summed E-state index contributed by atoms with van der Waals surface area (Å²) < 4.78 is 22.7. The molecule has 6 saturated heterocycles. The summed E-state index contributed by atoms with van der Waals surface area (Å²) >= 11 is 0. The lowest BCUT2D eigenvalue weighted by Gasteiger charge is -2.41. The Bertz CT molecular complexity index is 4190. The second kappa shape index (κ2) is 26.4. The minimum Gasteiger partial charge on any atom is -0.469 e. The lowest BCUT2D eigenvalue weighted by Crippen LogP contribution is -2.49. The van der Waals surface area contributed by atoms with E-state index in [-0.39, 0.29) is 77.6 Å². The topological polar surface area (TPSA) is 146 Å². The van der Waals surface area contributed by atoms with Crippen molar-refractivity contribution in [2.24, 2.45) is 17.8 Å². The minimum absolute atomic E-state index is 0.0741. The number of pyridine rings is 2. The molecule has 6 bridgehead atoms. The number of hydrogen-bond donors (Lipinski definition) is 0. The van der Waals surface area contributed by atoms with Crippen LogP contribution in [0, 0.1) is 17.8 Å². The molecule has 0 spiro atoms. The molecule has 0 aliphatic carbocycles. The molecule has 480 valence electrons. The average Bonchev–Trinajstić information content (AvgIpc) is 1.72. The van der Waals surface area contributed by atoms with E-state index in [4.69, 9.17) is 18.9 Å². The van der Waals surface area contributed by atoms with E-state index in [1.165, 1.54) is 56.2 Å². The fraction of sp³-hybridized carbons (Fsp3) is 0.392. The maximum absolute atomic E-state index is 12.7. The summed E-state index contributed by atoms with van der Waals surface area (Å²) in [5.41, 5.74) is 11.7. The largest absolute Gasteiger partial charge is 0.469 e. The van der Waals surface area contributed by atoms with Crippen molar-refractivity contribution in [1.82, 2.24) is 29.2 Å². The van der Waals surface area contributed by atoms with Gasteiger partial charge in [0, 0.05) is 106 Å². The van der Waals surface area contributed by atoms with Gasteiger partial charge in [-0.3, -0.25) is 43.6 Å². The van der Waals surface area contributed by atoms with E-state index in [2.05, 4.69) is 155 Å². The summed E-state index contributed by atoms with van der Waals surface area (Å²) in [7, 11) is 11.0. The van der Waals surface area contributed by atoms with Crippen LogP contribution in [0.3, 0.4) is 0 Å². The first kappa shape index (κ1) is 63.2. The van der Waals surface area contributed by atoms with Crippen molar-refractivity contribution >= 4 is 56.6 Å². The molecule has 0 radical (unpaired) electrons. The van der Waals surface area contributed by atoms with Crippen LogP contribution in [-0.4, -0.2) is 138 Å². The Labute approximate surface area is 546 Å².